The Morgan fingerprint density at radius 3 is 2.64 bits per heavy atom. The predicted octanol–water partition coefficient (Wildman–Crippen LogP) is 2.87. The average molecular weight is 402 g/mol. The van der Waals surface area contributed by atoms with E-state index in [2.05, 4.69) is 22.0 Å². The molecule has 2 saturated heterocycles. The Balaban J connectivity index is 0.000000279. The summed E-state index contributed by atoms with van der Waals surface area (Å²) in [5.41, 5.74) is 1.39. The maximum absolute atomic E-state index is 10.6. The molecule has 0 bridgehead atoms. The number of hydrogen-bond acceptors (Lipinski definition) is 5. The molecule has 6 nitrogen and oxygen atoms in total. The summed E-state index contributed by atoms with van der Waals surface area (Å²) in [6.45, 7) is 4.90. The van der Waals surface area contributed by atoms with Crippen molar-refractivity contribution in [1.82, 2.24) is 9.88 Å². The molecule has 0 radical (unpaired) electrons. The Hall–Kier alpha value is -1.71. The third kappa shape index (κ3) is 6.15. The molecule has 2 unspecified atom stereocenters. The van der Waals surface area contributed by atoms with Crippen molar-refractivity contribution in [1.29, 1.82) is 0 Å². The largest absolute Gasteiger partial charge is 0.490 e. The van der Waals surface area contributed by atoms with Gasteiger partial charge >= 0.3 is 12.1 Å². The summed E-state index contributed by atoms with van der Waals surface area (Å²) in [4.78, 5) is 15.5. The van der Waals surface area contributed by atoms with Crippen LogP contribution in [-0.4, -0.2) is 65.1 Å². The zero-order chi connectivity index (χ0) is 20.2. The van der Waals surface area contributed by atoms with Gasteiger partial charge in [0.2, 0.25) is 0 Å². The van der Waals surface area contributed by atoms with Crippen LogP contribution in [0.3, 0.4) is 0 Å². The normalized spacial score (nSPS) is 27.6. The minimum absolute atomic E-state index is 0.0568. The lowest BCUT2D eigenvalue weighted by atomic mass is 9.98. The second-order valence-electron chi connectivity index (χ2n) is 7.72. The molecule has 2 aliphatic heterocycles. The molecule has 4 rings (SSSR count). The van der Waals surface area contributed by atoms with E-state index in [4.69, 9.17) is 19.4 Å². The molecule has 28 heavy (non-hydrogen) atoms. The number of carboxylic acids is 1. The molecular formula is C19H25F3N2O4. The number of alkyl halides is 3. The Morgan fingerprint density at radius 2 is 2.04 bits per heavy atom. The number of hydrogen-bond donors (Lipinski definition) is 1. The quantitative estimate of drug-likeness (QED) is 0.817. The fourth-order valence-electron chi connectivity index (χ4n) is 3.56. The van der Waals surface area contributed by atoms with Crippen molar-refractivity contribution in [3.8, 4) is 0 Å². The van der Waals surface area contributed by atoms with Gasteiger partial charge in [0.1, 0.15) is 0 Å². The van der Waals surface area contributed by atoms with Crippen molar-refractivity contribution >= 4 is 5.97 Å². The molecule has 1 saturated carbocycles. The van der Waals surface area contributed by atoms with Crippen LogP contribution in [0.5, 0.6) is 0 Å². The van der Waals surface area contributed by atoms with Gasteiger partial charge in [-0.15, -0.1) is 0 Å². The van der Waals surface area contributed by atoms with Gasteiger partial charge in [0.25, 0.3) is 0 Å². The van der Waals surface area contributed by atoms with Crippen LogP contribution in [0.4, 0.5) is 13.2 Å². The fourth-order valence-corrected chi connectivity index (χ4v) is 3.56. The van der Waals surface area contributed by atoms with Gasteiger partial charge < -0.3 is 14.6 Å². The van der Waals surface area contributed by atoms with E-state index in [9.17, 15) is 13.2 Å². The Kier molecular flexibility index (Phi) is 6.57. The monoisotopic (exact) mass is 402 g/mol. The van der Waals surface area contributed by atoms with Gasteiger partial charge in [0, 0.05) is 45.1 Å². The van der Waals surface area contributed by atoms with E-state index < -0.39 is 12.1 Å². The summed E-state index contributed by atoms with van der Waals surface area (Å²) in [7, 11) is 0. The van der Waals surface area contributed by atoms with E-state index in [1.54, 1.807) is 0 Å². The first-order chi connectivity index (χ1) is 13.3. The number of carboxylic acid groups (broad SMARTS) is 1. The smallest absolute Gasteiger partial charge is 0.475 e. The highest BCUT2D eigenvalue weighted by molar-refractivity contribution is 5.73. The first-order valence-corrected chi connectivity index (χ1v) is 9.43. The molecule has 3 heterocycles. The second kappa shape index (κ2) is 8.75. The standard InChI is InChI=1S/C17H24N2O2.C2HF3O2/c1-2-15(1)11-20-16-9-17(21-12-16)5-8-19(13-17)10-14-3-6-18-7-4-14;3-2(4,5)1(6)7/h3-4,6-7,15-16H,1-2,5,8-13H2;(H,6,7). The molecule has 1 N–H and O–H groups in total. The maximum Gasteiger partial charge on any atom is 0.490 e. The van der Waals surface area contributed by atoms with Crippen LogP contribution >= 0.6 is 0 Å². The summed E-state index contributed by atoms with van der Waals surface area (Å²) in [6, 6.07) is 4.20. The average Bonchev–Trinajstić information content (AvgIpc) is 3.28. The van der Waals surface area contributed by atoms with E-state index in [1.165, 1.54) is 18.4 Å². The highest BCUT2D eigenvalue weighted by Gasteiger charge is 2.46. The number of likely N-dealkylation sites (tertiary alicyclic amines) is 1. The van der Waals surface area contributed by atoms with E-state index in [0.29, 0.717) is 6.10 Å². The number of pyridine rings is 1. The van der Waals surface area contributed by atoms with E-state index in [1.807, 2.05) is 12.4 Å². The van der Waals surface area contributed by atoms with Crippen LogP contribution < -0.4 is 0 Å². The summed E-state index contributed by atoms with van der Waals surface area (Å²) in [5, 5.41) is 7.12. The van der Waals surface area contributed by atoms with E-state index >= 15 is 0 Å². The van der Waals surface area contributed by atoms with Crippen molar-refractivity contribution in [3.05, 3.63) is 30.1 Å². The minimum atomic E-state index is -5.08. The lowest BCUT2D eigenvalue weighted by Gasteiger charge is -2.23. The number of nitrogens with zero attached hydrogens (tertiary/aromatic N) is 2. The molecule has 1 aliphatic carbocycles. The van der Waals surface area contributed by atoms with Crippen LogP contribution in [0, 0.1) is 5.92 Å². The lowest BCUT2D eigenvalue weighted by molar-refractivity contribution is -0.192. The van der Waals surface area contributed by atoms with Gasteiger partial charge in [-0.05, 0) is 42.9 Å². The number of aromatic nitrogens is 1. The molecule has 0 aromatic carbocycles. The van der Waals surface area contributed by atoms with Crippen molar-refractivity contribution in [3.63, 3.8) is 0 Å². The SMILES string of the molecule is O=C(O)C(F)(F)F.c1cc(CN2CCC3(CC(OCC4CC4)CO3)C2)ccn1. The highest BCUT2D eigenvalue weighted by Crippen LogP contribution is 2.38. The van der Waals surface area contributed by atoms with Crippen LogP contribution in [0.15, 0.2) is 24.5 Å². The maximum atomic E-state index is 10.6. The number of halogens is 3. The number of aliphatic carboxylic acids is 1. The number of rotatable bonds is 5. The Bertz CT molecular complexity index is 654. The van der Waals surface area contributed by atoms with Crippen molar-refractivity contribution in [2.45, 2.75) is 50.1 Å². The molecule has 1 aromatic heterocycles. The van der Waals surface area contributed by atoms with Crippen molar-refractivity contribution in [2.75, 3.05) is 26.3 Å². The van der Waals surface area contributed by atoms with E-state index in [-0.39, 0.29) is 5.60 Å². The Morgan fingerprint density at radius 1 is 1.36 bits per heavy atom. The molecule has 0 amide bonds. The van der Waals surface area contributed by atoms with E-state index in [0.717, 1.165) is 51.6 Å². The molecule has 1 spiro atoms. The molecular weight excluding hydrogens is 377 g/mol. The van der Waals surface area contributed by atoms with Gasteiger partial charge in [-0.2, -0.15) is 13.2 Å². The third-order valence-electron chi connectivity index (χ3n) is 5.23. The second-order valence-corrected chi connectivity index (χ2v) is 7.72. The summed E-state index contributed by atoms with van der Waals surface area (Å²) in [6.07, 6.45) is 3.92. The minimum Gasteiger partial charge on any atom is -0.475 e. The third-order valence-corrected chi connectivity index (χ3v) is 5.23. The van der Waals surface area contributed by atoms with Gasteiger partial charge in [0.15, 0.2) is 0 Å². The molecule has 3 aliphatic rings. The summed E-state index contributed by atoms with van der Waals surface area (Å²) >= 11 is 0. The van der Waals surface area contributed by atoms with Crippen molar-refractivity contribution < 1.29 is 32.5 Å². The van der Waals surface area contributed by atoms with Crippen LogP contribution in [-0.2, 0) is 20.8 Å². The predicted molar refractivity (Wildman–Crippen MR) is 93.6 cm³/mol. The van der Waals surface area contributed by atoms with Gasteiger partial charge in [-0.1, -0.05) is 0 Å². The first-order valence-electron chi connectivity index (χ1n) is 9.43. The van der Waals surface area contributed by atoms with Gasteiger partial charge in [-0.25, -0.2) is 4.79 Å². The highest BCUT2D eigenvalue weighted by atomic mass is 19.4. The van der Waals surface area contributed by atoms with Gasteiger partial charge in [0.05, 0.1) is 18.3 Å². The fraction of sp³-hybridized carbons (Fsp3) is 0.684. The van der Waals surface area contributed by atoms with Gasteiger partial charge in [-0.3, -0.25) is 9.88 Å². The number of carbonyl (C=O) groups is 1. The first kappa shape index (κ1) is 21.0. The molecule has 3 fully saturated rings. The zero-order valence-electron chi connectivity index (χ0n) is 15.5. The molecule has 1 aromatic rings. The molecule has 156 valence electrons. The van der Waals surface area contributed by atoms with Crippen molar-refractivity contribution in [2.24, 2.45) is 5.92 Å². The zero-order valence-corrected chi connectivity index (χ0v) is 15.5. The number of ether oxygens (including phenoxy) is 2. The molecule has 9 heteroatoms. The van der Waals surface area contributed by atoms with Crippen LogP contribution in [0.1, 0.15) is 31.2 Å². The van der Waals surface area contributed by atoms with Crippen LogP contribution in [0.2, 0.25) is 0 Å². The lowest BCUT2D eigenvalue weighted by Crippen LogP contribution is -2.33. The summed E-state index contributed by atoms with van der Waals surface area (Å²) < 4.78 is 43.9. The topological polar surface area (TPSA) is 71.9 Å². The van der Waals surface area contributed by atoms with Crippen LogP contribution in [0.25, 0.3) is 0 Å². The summed E-state index contributed by atoms with van der Waals surface area (Å²) in [5.74, 6) is -1.92. The Labute approximate surface area is 161 Å². The molecule has 2 atom stereocenters.